The minimum Gasteiger partial charge on any atom is -0.302 e. The predicted molar refractivity (Wildman–Crippen MR) is 53.0 cm³/mol. The second kappa shape index (κ2) is 3.68. The van der Waals surface area contributed by atoms with Crippen molar-refractivity contribution in [2.75, 3.05) is 0 Å². The molecule has 0 saturated carbocycles. The lowest BCUT2D eigenvalue weighted by Crippen LogP contribution is -2.22. The average molecular weight is 207 g/mol. The first-order valence-electron chi connectivity index (χ1n) is 4.48. The topological polar surface area (TPSA) is 39.8 Å². The molecule has 2 aromatic heterocycles. The number of imidazole rings is 1. The Hall–Kier alpha value is -1.91. The van der Waals surface area contributed by atoms with Crippen LogP contribution in [-0.4, -0.2) is 14.1 Å². The van der Waals surface area contributed by atoms with E-state index in [0.717, 1.165) is 6.20 Å². The van der Waals surface area contributed by atoms with Gasteiger partial charge in [0.25, 0.3) is 0 Å². The molecule has 78 valence electrons. The molecule has 0 amide bonds. The minimum absolute atomic E-state index is 0.126. The SMILES string of the molecule is Cn1ccn(Cc2cncc(F)c2)c1=O. The third-order valence-corrected chi connectivity index (χ3v) is 2.13. The van der Waals surface area contributed by atoms with Crippen molar-refractivity contribution < 1.29 is 4.39 Å². The summed E-state index contributed by atoms with van der Waals surface area (Å²) in [5.41, 5.74) is 0.544. The first-order chi connectivity index (χ1) is 7.16. The van der Waals surface area contributed by atoms with Crippen molar-refractivity contribution in [2.45, 2.75) is 6.54 Å². The molecule has 2 aromatic rings. The zero-order valence-electron chi connectivity index (χ0n) is 8.22. The molecule has 2 rings (SSSR count). The Morgan fingerprint density at radius 2 is 2.20 bits per heavy atom. The molecule has 2 heterocycles. The van der Waals surface area contributed by atoms with Crippen LogP contribution in [0.3, 0.4) is 0 Å². The van der Waals surface area contributed by atoms with E-state index in [1.54, 1.807) is 25.6 Å². The van der Waals surface area contributed by atoms with Gasteiger partial charge in [0.2, 0.25) is 0 Å². The molecule has 5 heteroatoms. The molecular weight excluding hydrogens is 197 g/mol. The number of aromatic nitrogens is 3. The number of nitrogens with zero attached hydrogens (tertiary/aromatic N) is 3. The maximum absolute atomic E-state index is 12.8. The molecule has 0 saturated heterocycles. The van der Waals surface area contributed by atoms with Crippen LogP contribution in [0, 0.1) is 5.82 Å². The van der Waals surface area contributed by atoms with Crippen molar-refractivity contribution in [3.63, 3.8) is 0 Å². The highest BCUT2D eigenvalue weighted by atomic mass is 19.1. The van der Waals surface area contributed by atoms with E-state index in [1.807, 2.05) is 0 Å². The molecule has 0 atom stereocenters. The number of pyridine rings is 1. The van der Waals surface area contributed by atoms with Crippen LogP contribution in [0.25, 0.3) is 0 Å². The van der Waals surface area contributed by atoms with E-state index in [-0.39, 0.29) is 5.69 Å². The molecule has 0 aliphatic carbocycles. The average Bonchev–Trinajstić information content (AvgIpc) is 2.50. The molecule has 0 unspecified atom stereocenters. The monoisotopic (exact) mass is 207 g/mol. The Kier molecular flexibility index (Phi) is 2.37. The van der Waals surface area contributed by atoms with Crippen LogP contribution in [0.15, 0.2) is 35.6 Å². The summed E-state index contributed by atoms with van der Waals surface area (Å²) in [6, 6.07) is 1.37. The van der Waals surface area contributed by atoms with Crippen molar-refractivity contribution in [2.24, 2.45) is 7.05 Å². The Bertz CT molecular complexity index is 529. The largest absolute Gasteiger partial charge is 0.328 e. The minimum atomic E-state index is -0.392. The molecule has 0 aromatic carbocycles. The fourth-order valence-corrected chi connectivity index (χ4v) is 1.37. The van der Waals surface area contributed by atoms with Gasteiger partial charge in [0, 0.05) is 25.6 Å². The van der Waals surface area contributed by atoms with Gasteiger partial charge >= 0.3 is 5.69 Å². The summed E-state index contributed by atoms with van der Waals surface area (Å²) in [5, 5.41) is 0. The Balaban J connectivity index is 2.30. The van der Waals surface area contributed by atoms with Crippen LogP contribution in [0.4, 0.5) is 4.39 Å². The summed E-state index contributed by atoms with van der Waals surface area (Å²) in [5.74, 6) is -0.392. The fraction of sp³-hybridized carbons (Fsp3) is 0.200. The number of hydrogen-bond acceptors (Lipinski definition) is 2. The molecule has 4 nitrogen and oxygen atoms in total. The van der Waals surface area contributed by atoms with E-state index >= 15 is 0 Å². The highest BCUT2D eigenvalue weighted by Gasteiger charge is 2.01. The lowest BCUT2D eigenvalue weighted by molar-refractivity contribution is 0.614. The van der Waals surface area contributed by atoms with E-state index in [0.29, 0.717) is 12.1 Å². The van der Waals surface area contributed by atoms with Crippen LogP contribution in [-0.2, 0) is 13.6 Å². The molecule has 0 spiro atoms. The van der Waals surface area contributed by atoms with Crippen molar-refractivity contribution in [1.29, 1.82) is 0 Å². The molecule has 0 bridgehead atoms. The van der Waals surface area contributed by atoms with Crippen LogP contribution in [0.1, 0.15) is 5.56 Å². The van der Waals surface area contributed by atoms with Crippen LogP contribution in [0.5, 0.6) is 0 Å². The first-order valence-corrected chi connectivity index (χ1v) is 4.48. The van der Waals surface area contributed by atoms with Gasteiger partial charge in [-0.05, 0) is 11.6 Å². The first kappa shape index (κ1) is 9.64. The zero-order valence-corrected chi connectivity index (χ0v) is 8.22. The normalized spacial score (nSPS) is 10.5. The van der Waals surface area contributed by atoms with Gasteiger partial charge in [0.05, 0.1) is 12.7 Å². The lowest BCUT2D eigenvalue weighted by Gasteiger charge is -2.00. The molecule has 0 N–H and O–H groups in total. The number of aryl methyl sites for hydroxylation is 1. The van der Waals surface area contributed by atoms with Gasteiger partial charge in [0.15, 0.2) is 0 Å². The quantitative estimate of drug-likeness (QED) is 0.729. The third kappa shape index (κ3) is 1.96. The Morgan fingerprint density at radius 1 is 1.40 bits per heavy atom. The van der Waals surface area contributed by atoms with Gasteiger partial charge in [-0.2, -0.15) is 0 Å². The van der Waals surface area contributed by atoms with Crippen LogP contribution >= 0.6 is 0 Å². The molecule has 0 fully saturated rings. The van der Waals surface area contributed by atoms with Crippen LogP contribution in [0.2, 0.25) is 0 Å². The van der Waals surface area contributed by atoms with E-state index < -0.39 is 5.82 Å². The van der Waals surface area contributed by atoms with E-state index in [9.17, 15) is 9.18 Å². The van der Waals surface area contributed by atoms with Crippen molar-refractivity contribution >= 4 is 0 Å². The second-order valence-corrected chi connectivity index (χ2v) is 3.33. The standard InChI is InChI=1S/C10H10FN3O/c1-13-2-3-14(10(13)15)7-8-4-9(11)6-12-5-8/h2-6H,7H2,1H3. The Morgan fingerprint density at radius 3 is 2.80 bits per heavy atom. The molecule has 0 aliphatic rings. The summed E-state index contributed by atoms with van der Waals surface area (Å²) in [6.45, 7) is 0.338. The lowest BCUT2D eigenvalue weighted by atomic mass is 10.3. The summed E-state index contributed by atoms with van der Waals surface area (Å²) >= 11 is 0. The summed E-state index contributed by atoms with van der Waals surface area (Å²) < 4.78 is 15.8. The highest BCUT2D eigenvalue weighted by molar-refractivity contribution is 5.10. The maximum Gasteiger partial charge on any atom is 0.328 e. The molecular formula is C10H10FN3O. The second-order valence-electron chi connectivity index (χ2n) is 3.33. The van der Waals surface area contributed by atoms with Gasteiger partial charge in [-0.1, -0.05) is 0 Å². The van der Waals surface area contributed by atoms with Gasteiger partial charge in [0.1, 0.15) is 5.82 Å². The van der Waals surface area contributed by atoms with Crippen molar-refractivity contribution in [3.05, 3.63) is 52.7 Å². The van der Waals surface area contributed by atoms with Crippen molar-refractivity contribution in [1.82, 2.24) is 14.1 Å². The van der Waals surface area contributed by atoms with Gasteiger partial charge in [-0.25, -0.2) is 9.18 Å². The van der Waals surface area contributed by atoms with Gasteiger partial charge in [-0.3, -0.25) is 9.55 Å². The van der Waals surface area contributed by atoms with E-state index in [1.165, 1.54) is 15.2 Å². The van der Waals surface area contributed by atoms with Gasteiger partial charge < -0.3 is 4.57 Å². The molecule has 15 heavy (non-hydrogen) atoms. The number of hydrogen-bond donors (Lipinski definition) is 0. The maximum atomic E-state index is 12.8. The fourth-order valence-electron chi connectivity index (χ4n) is 1.37. The number of rotatable bonds is 2. The molecule has 0 radical (unpaired) electrons. The van der Waals surface area contributed by atoms with Gasteiger partial charge in [-0.15, -0.1) is 0 Å². The predicted octanol–water partition coefficient (Wildman–Crippen LogP) is 0.769. The summed E-state index contributed by atoms with van der Waals surface area (Å²) in [4.78, 5) is 15.2. The smallest absolute Gasteiger partial charge is 0.302 e. The Labute approximate surface area is 85.6 Å². The third-order valence-electron chi connectivity index (χ3n) is 2.13. The van der Waals surface area contributed by atoms with Crippen molar-refractivity contribution in [3.8, 4) is 0 Å². The van der Waals surface area contributed by atoms with Crippen LogP contribution < -0.4 is 5.69 Å². The van der Waals surface area contributed by atoms with E-state index in [2.05, 4.69) is 4.98 Å². The summed E-state index contributed by atoms with van der Waals surface area (Å²) in [7, 11) is 1.67. The summed E-state index contributed by atoms with van der Waals surface area (Å²) in [6.07, 6.45) is 6.00. The number of halogens is 1. The molecule has 0 aliphatic heterocycles. The van der Waals surface area contributed by atoms with E-state index in [4.69, 9.17) is 0 Å². The highest BCUT2D eigenvalue weighted by Crippen LogP contribution is 2.02. The zero-order chi connectivity index (χ0) is 10.8.